The van der Waals surface area contributed by atoms with E-state index in [4.69, 9.17) is 5.11 Å². The molecule has 2 aromatic heterocycles. The largest absolute Gasteiger partial charge is 0.394 e. The maximum atomic E-state index is 15.0. The van der Waals surface area contributed by atoms with Crippen molar-refractivity contribution < 1.29 is 18.7 Å². The molecule has 0 radical (unpaired) electrons. The molecule has 2 aromatic carbocycles. The standard InChI is InChI=1S/C22H19F2N5O2/c1-27-11-16-15(3-2-4-20(16)26-27)13-7-18(23)17(19(24)8-13)12-28-10-14-9-25-29(5-6-30)21(14)22(28)31/h2-4,7-9,11,30H,5-6,10,12H2,1H3. The molecule has 0 aliphatic carbocycles. The first-order valence-corrected chi connectivity index (χ1v) is 9.81. The molecule has 0 saturated carbocycles. The van der Waals surface area contributed by atoms with Crippen LogP contribution in [0, 0.1) is 11.6 Å². The van der Waals surface area contributed by atoms with Crippen molar-refractivity contribution in [3.8, 4) is 11.1 Å². The van der Waals surface area contributed by atoms with Crippen LogP contribution in [0.3, 0.4) is 0 Å². The van der Waals surface area contributed by atoms with Crippen LogP contribution in [0.1, 0.15) is 21.6 Å². The van der Waals surface area contributed by atoms with Gasteiger partial charge in [0.25, 0.3) is 5.91 Å². The van der Waals surface area contributed by atoms with Crippen LogP contribution >= 0.6 is 0 Å². The summed E-state index contributed by atoms with van der Waals surface area (Å²) in [6, 6.07) is 8.02. The molecule has 5 rings (SSSR count). The molecular formula is C22H19F2N5O2. The molecule has 0 spiro atoms. The van der Waals surface area contributed by atoms with Crippen molar-refractivity contribution in [3.63, 3.8) is 0 Å². The number of nitrogens with zero attached hydrogens (tertiary/aromatic N) is 5. The Bertz CT molecular complexity index is 1300. The molecule has 9 heteroatoms. The smallest absolute Gasteiger partial charge is 0.273 e. The lowest BCUT2D eigenvalue weighted by Crippen LogP contribution is -2.27. The fourth-order valence-corrected chi connectivity index (χ4v) is 4.12. The van der Waals surface area contributed by atoms with E-state index in [1.165, 1.54) is 21.7 Å². The molecule has 0 unspecified atom stereocenters. The average Bonchev–Trinajstić information content (AvgIpc) is 3.39. The van der Waals surface area contributed by atoms with E-state index >= 15 is 0 Å². The van der Waals surface area contributed by atoms with Crippen LogP contribution in [-0.4, -0.2) is 42.1 Å². The molecule has 3 heterocycles. The van der Waals surface area contributed by atoms with Gasteiger partial charge in [-0.25, -0.2) is 8.78 Å². The Morgan fingerprint density at radius 3 is 2.71 bits per heavy atom. The fraction of sp³-hybridized carbons (Fsp3) is 0.227. The Hall–Kier alpha value is -3.59. The Kier molecular flexibility index (Phi) is 4.55. The van der Waals surface area contributed by atoms with Gasteiger partial charge in [-0.3, -0.25) is 14.2 Å². The zero-order valence-corrected chi connectivity index (χ0v) is 16.7. The topological polar surface area (TPSA) is 76.2 Å². The van der Waals surface area contributed by atoms with E-state index in [0.29, 0.717) is 22.4 Å². The second kappa shape index (κ2) is 7.28. The lowest BCUT2D eigenvalue weighted by molar-refractivity contribution is 0.0750. The zero-order valence-electron chi connectivity index (χ0n) is 16.7. The van der Waals surface area contributed by atoms with Gasteiger partial charge in [-0.1, -0.05) is 12.1 Å². The van der Waals surface area contributed by atoms with E-state index in [1.54, 1.807) is 30.1 Å². The quantitative estimate of drug-likeness (QED) is 0.536. The van der Waals surface area contributed by atoms with Crippen LogP contribution in [0.2, 0.25) is 0 Å². The number of rotatable bonds is 5. The minimum Gasteiger partial charge on any atom is -0.394 e. The van der Waals surface area contributed by atoms with Crippen molar-refractivity contribution in [3.05, 3.63) is 71.2 Å². The average molecular weight is 423 g/mol. The third-order valence-electron chi connectivity index (χ3n) is 5.54. The minimum absolute atomic E-state index is 0.157. The number of fused-ring (bicyclic) bond motifs is 2. The van der Waals surface area contributed by atoms with Crippen LogP contribution in [0.25, 0.3) is 22.0 Å². The summed E-state index contributed by atoms with van der Waals surface area (Å²) in [5.74, 6) is -1.78. The number of benzene rings is 2. The number of carbonyl (C=O) groups excluding carboxylic acids is 1. The highest BCUT2D eigenvalue weighted by atomic mass is 19.1. The molecule has 1 N–H and O–H groups in total. The first-order chi connectivity index (χ1) is 15.0. The highest BCUT2D eigenvalue weighted by Crippen LogP contribution is 2.32. The molecule has 1 aliphatic rings. The highest BCUT2D eigenvalue weighted by molar-refractivity contribution is 5.97. The number of hydrogen-bond acceptors (Lipinski definition) is 4. The monoisotopic (exact) mass is 423 g/mol. The van der Waals surface area contributed by atoms with E-state index in [9.17, 15) is 13.6 Å². The van der Waals surface area contributed by atoms with E-state index < -0.39 is 11.6 Å². The number of aliphatic hydroxyl groups excluding tert-OH is 1. The van der Waals surface area contributed by atoms with Crippen molar-refractivity contribution in [2.45, 2.75) is 19.6 Å². The number of halogens is 2. The molecular weight excluding hydrogens is 404 g/mol. The SMILES string of the molecule is Cn1cc2c(-c3cc(F)c(CN4Cc5cnn(CCO)c5C4=O)c(F)c3)cccc2n1. The Morgan fingerprint density at radius 2 is 1.97 bits per heavy atom. The van der Waals surface area contributed by atoms with Gasteiger partial charge in [0.05, 0.1) is 38.0 Å². The maximum absolute atomic E-state index is 15.0. The van der Waals surface area contributed by atoms with Crippen LogP contribution in [-0.2, 0) is 26.7 Å². The second-order valence-electron chi connectivity index (χ2n) is 7.59. The summed E-state index contributed by atoms with van der Waals surface area (Å²) in [5.41, 5.74) is 2.70. The Labute approximate surface area is 176 Å². The van der Waals surface area contributed by atoms with Gasteiger partial charge in [0.2, 0.25) is 0 Å². The van der Waals surface area contributed by atoms with E-state index in [1.807, 2.05) is 12.3 Å². The highest BCUT2D eigenvalue weighted by Gasteiger charge is 2.33. The van der Waals surface area contributed by atoms with Gasteiger partial charge in [-0.2, -0.15) is 10.2 Å². The molecule has 31 heavy (non-hydrogen) atoms. The molecule has 0 saturated heterocycles. The zero-order chi connectivity index (χ0) is 21.7. The van der Waals surface area contributed by atoms with Crippen LogP contribution < -0.4 is 0 Å². The van der Waals surface area contributed by atoms with Crippen LogP contribution in [0.5, 0.6) is 0 Å². The molecule has 4 aromatic rings. The predicted molar refractivity (Wildman–Crippen MR) is 109 cm³/mol. The van der Waals surface area contributed by atoms with E-state index in [0.717, 1.165) is 10.9 Å². The predicted octanol–water partition coefficient (Wildman–Crippen LogP) is 2.86. The van der Waals surface area contributed by atoms with Gasteiger partial charge < -0.3 is 10.0 Å². The Balaban J connectivity index is 1.46. The molecule has 7 nitrogen and oxygen atoms in total. The first-order valence-electron chi connectivity index (χ1n) is 9.81. The van der Waals surface area contributed by atoms with Gasteiger partial charge in [-0.05, 0) is 29.3 Å². The first kappa shape index (κ1) is 19.4. The van der Waals surface area contributed by atoms with E-state index in [2.05, 4.69) is 10.2 Å². The summed E-state index contributed by atoms with van der Waals surface area (Å²) in [4.78, 5) is 14.1. The fourth-order valence-electron chi connectivity index (χ4n) is 4.12. The van der Waals surface area contributed by atoms with Gasteiger partial charge >= 0.3 is 0 Å². The van der Waals surface area contributed by atoms with Crippen molar-refractivity contribution in [1.82, 2.24) is 24.5 Å². The minimum atomic E-state index is -0.711. The maximum Gasteiger partial charge on any atom is 0.273 e. The van der Waals surface area contributed by atoms with Crippen molar-refractivity contribution in [2.24, 2.45) is 7.05 Å². The van der Waals surface area contributed by atoms with E-state index in [-0.39, 0.29) is 37.7 Å². The van der Waals surface area contributed by atoms with Gasteiger partial charge in [-0.15, -0.1) is 0 Å². The van der Waals surface area contributed by atoms with Crippen molar-refractivity contribution >= 4 is 16.8 Å². The molecule has 1 aliphatic heterocycles. The molecule has 0 bridgehead atoms. The van der Waals surface area contributed by atoms with Crippen LogP contribution in [0.4, 0.5) is 8.78 Å². The summed E-state index contributed by atoms with van der Waals surface area (Å²) in [6.07, 6.45) is 3.36. The number of carbonyl (C=O) groups is 1. The number of hydrogen-bond donors (Lipinski definition) is 1. The Morgan fingerprint density at radius 1 is 1.19 bits per heavy atom. The number of aryl methyl sites for hydroxylation is 1. The molecule has 0 fully saturated rings. The lowest BCUT2D eigenvalue weighted by atomic mass is 9.99. The normalized spacial score (nSPS) is 13.4. The summed E-state index contributed by atoms with van der Waals surface area (Å²) in [6.45, 7) is 0.0545. The summed E-state index contributed by atoms with van der Waals surface area (Å²) >= 11 is 0. The summed E-state index contributed by atoms with van der Waals surface area (Å²) < 4.78 is 33.1. The number of amides is 1. The third-order valence-corrected chi connectivity index (χ3v) is 5.54. The van der Waals surface area contributed by atoms with Gasteiger partial charge in [0.15, 0.2) is 0 Å². The van der Waals surface area contributed by atoms with Gasteiger partial charge in [0, 0.05) is 29.8 Å². The molecule has 1 amide bonds. The summed E-state index contributed by atoms with van der Waals surface area (Å²) in [5, 5.41) is 18.3. The number of aromatic nitrogens is 4. The molecule has 158 valence electrons. The third kappa shape index (κ3) is 3.17. The number of aliphatic hydroxyl groups is 1. The lowest BCUT2D eigenvalue weighted by Gasteiger charge is -2.18. The van der Waals surface area contributed by atoms with Crippen molar-refractivity contribution in [1.29, 1.82) is 0 Å². The van der Waals surface area contributed by atoms with Crippen LogP contribution in [0.15, 0.2) is 42.7 Å². The molecule has 0 atom stereocenters. The summed E-state index contributed by atoms with van der Waals surface area (Å²) in [7, 11) is 1.79. The van der Waals surface area contributed by atoms with Crippen molar-refractivity contribution in [2.75, 3.05) is 6.61 Å². The van der Waals surface area contributed by atoms with Gasteiger partial charge in [0.1, 0.15) is 17.3 Å². The second-order valence-corrected chi connectivity index (χ2v) is 7.59.